The second-order valence-electron chi connectivity index (χ2n) is 5.57. The van der Waals surface area contributed by atoms with Gasteiger partial charge in [0, 0.05) is 5.56 Å². The molecule has 0 aliphatic heterocycles. The number of hydrogen-bond acceptors (Lipinski definition) is 3. The van der Waals surface area contributed by atoms with Gasteiger partial charge in [0.2, 0.25) is 5.91 Å². The molecule has 1 fully saturated rings. The van der Waals surface area contributed by atoms with Gasteiger partial charge in [-0.3, -0.25) is 4.79 Å². The van der Waals surface area contributed by atoms with E-state index in [1.54, 1.807) is 0 Å². The summed E-state index contributed by atoms with van der Waals surface area (Å²) in [6.07, 6.45) is 3.44. The smallest absolute Gasteiger partial charge is 0.234 e. The van der Waals surface area contributed by atoms with Gasteiger partial charge in [-0.05, 0) is 44.7 Å². The molecule has 1 aromatic rings. The van der Waals surface area contributed by atoms with Crippen LogP contribution in [0.2, 0.25) is 0 Å². The van der Waals surface area contributed by atoms with Crippen LogP contribution in [-0.4, -0.2) is 25.6 Å². The van der Waals surface area contributed by atoms with E-state index in [-0.39, 0.29) is 11.9 Å². The highest BCUT2D eigenvalue weighted by molar-refractivity contribution is 5.78. The summed E-state index contributed by atoms with van der Waals surface area (Å²) in [5.74, 6) is 1.70. The van der Waals surface area contributed by atoms with Gasteiger partial charge in [-0.2, -0.15) is 0 Å². The van der Waals surface area contributed by atoms with E-state index in [9.17, 15) is 4.79 Å². The normalized spacial score (nSPS) is 15.5. The minimum Gasteiger partial charge on any atom is -0.494 e. The number of benzene rings is 1. The molecule has 0 heterocycles. The predicted molar refractivity (Wildman–Crippen MR) is 84.4 cm³/mol. The van der Waals surface area contributed by atoms with E-state index in [1.165, 1.54) is 12.8 Å². The summed E-state index contributed by atoms with van der Waals surface area (Å²) >= 11 is 0. The number of hydrogen-bond donors (Lipinski definition) is 2. The van der Waals surface area contributed by atoms with Crippen LogP contribution in [0.1, 0.15) is 44.7 Å². The van der Waals surface area contributed by atoms with Crippen molar-refractivity contribution in [1.82, 2.24) is 10.6 Å². The molecule has 0 bridgehead atoms. The number of carbonyl (C=O) groups is 1. The lowest BCUT2D eigenvalue weighted by atomic mass is 10.0. The fraction of sp³-hybridized carbons (Fsp3) is 0.588. The molecule has 0 spiro atoms. The average molecular weight is 290 g/mol. The van der Waals surface area contributed by atoms with Crippen LogP contribution in [-0.2, 0) is 4.79 Å². The Labute approximate surface area is 127 Å². The monoisotopic (exact) mass is 290 g/mol. The van der Waals surface area contributed by atoms with Gasteiger partial charge >= 0.3 is 0 Å². The number of rotatable bonds is 9. The van der Waals surface area contributed by atoms with Crippen LogP contribution in [0.4, 0.5) is 0 Å². The van der Waals surface area contributed by atoms with Gasteiger partial charge in [-0.15, -0.1) is 0 Å². The van der Waals surface area contributed by atoms with E-state index in [1.807, 2.05) is 31.2 Å². The van der Waals surface area contributed by atoms with Crippen LogP contribution < -0.4 is 15.4 Å². The van der Waals surface area contributed by atoms with E-state index >= 15 is 0 Å². The van der Waals surface area contributed by atoms with Crippen molar-refractivity contribution >= 4 is 5.91 Å². The third-order valence-corrected chi connectivity index (χ3v) is 3.75. The Kier molecular flexibility index (Phi) is 6.05. The highest BCUT2D eigenvalue weighted by atomic mass is 16.5. The molecule has 0 radical (unpaired) electrons. The summed E-state index contributed by atoms with van der Waals surface area (Å²) < 4.78 is 5.66. The van der Waals surface area contributed by atoms with Gasteiger partial charge in [0.15, 0.2) is 0 Å². The van der Waals surface area contributed by atoms with Gasteiger partial charge in [-0.1, -0.05) is 25.1 Å². The Morgan fingerprint density at radius 1 is 1.33 bits per heavy atom. The van der Waals surface area contributed by atoms with Crippen molar-refractivity contribution < 1.29 is 9.53 Å². The van der Waals surface area contributed by atoms with Crippen molar-refractivity contribution in [3.63, 3.8) is 0 Å². The molecule has 0 saturated heterocycles. The molecule has 1 aliphatic rings. The molecule has 1 unspecified atom stereocenters. The number of para-hydroxylation sites is 1. The molecule has 1 saturated carbocycles. The maximum absolute atomic E-state index is 12.0. The Morgan fingerprint density at radius 3 is 2.76 bits per heavy atom. The number of ether oxygens (including phenoxy) is 1. The highest BCUT2D eigenvalue weighted by Crippen LogP contribution is 2.28. The third-order valence-electron chi connectivity index (χ3n) is 3.75. The molecular formula is C17H26N2O2. The first-order valence-corrected chi connectivity index (χ1v) is 7.96. The quantitative estimate of drug-likeness (QED) is 0.735. The molecule has 21 heavy (non-hydrogen) atoms. The van der Waals surface area contributed by atoms with Gasteiger partial charge < -0.3 is 15.4 Å². The van der Waals surface area contributed by atoms with Crippen molar-refractivity contribution in [1.29, 1.82) is 0 Å². The van der Waals surface area contributed by atoms with Crippen molar-refractivity contribution in [2.75, 3.05) is 19.7 Å². The van der Waals surface area contributed by atoms with E-state index < -0.39 is 0 Å². The highest BCUT2D eigenvalue weighted by Gasteiger charge is 2.21. The minimum atomic E-state index is 0.00275. The predicted octanol–water partition coefficient (Wildman–Crippen LogP) is 2.65. The molecule has 1 aromatic carbocycles. The molecule has 1 amide bonds. The molecular weight excluding hydrogens is 264 g/mol. The summed E-state index contributed by atoms with van der Waals surface area (Å²) in [5, 5.41) is 6.32. The van der Waals surface area contributed by atoms with E-state index in [0.29, 0.717) is 13.2 Å². The number of amides is 1. The van der Waals surface area contributed by atoms with Crippen molar-refractivity contribution in [3.8, 4) is 5.75 Å². The van der Waals surface area contributed by atoms with E-state index in [0.717, 1.165) is 30.2 Å². The summed E-state index contributed by atoms with van der Waals surface area (Å²) in [6, 6.07) is 7.93. The average Bonchev–Trinajstić information content (AvgIpc) is 3.30. The van der Waals surface area contributed by atoms with Gasteiger partial charge in [0.1, 0.15) is 5.75 Å². The zero-order chi connectivity index (χ0) is 15.1. The van der Waals surface area contributed by atoms with Crippen LogP contribution in [0, 0.1) is 5.92 Å². The minimum absolute atomic E-state index is 0.00275. The standard InChI is InChI=1S/C17H26N2O2/c1-3-15(14-7-5-6-8-16(14)21-4-2)19-17(20)12-18-11-13-9-10-13/h5-8,13,15,18H,3-4,9-12H2,1-2H3,(H,19,20). The number of carbonyl (C=O) groups excluding carboxylic acids is 1. The largest absolute Gasteiger partial charge is 0.494 e. The fourth-order valence-corrected chi connectivity index (χ4v) is 2.41. The second kappa shape index (κ2) is 8.03. The molecule has 0 aromatic heterocycles. The molecule has 4 heteroatoms. The third kappa shape index (κ3) is 5.05. The second-order valence-corrected chi connectivity index (χ2v) is 5.57. The molecule has 1 atom stereocenters. The summed E-state index contributed by atoms with van der Waals surface area (Å²) in [5.41, 5.74) is 1.05. The lowest BCUT2D eigenvalue weighted by Gasteiger charge is -2.20. The van der Waals surface area contributed by atoms with Gasteiger partial charge in [0.05, 0.1) is 19.2 Å². The molecule has 1 aliphatic carbocycles. The first-order valence-electron chi connectivity index (χ1n) is 7.96. The van der Waals surface area contributed by atoms with Crippen LogP contribution in [0.15, 0.2) is 24.3 Å². The topological polar surface area (TPSA) is 50.4 Å². The summed E-state index contributed by atoms with van der Waals surface area (Å²) in [6.45, 7) is 6.03. The first-order chi connectivity index (χ1) is 10.2. The van der Waals surface area contributed by atoms with Gasteiger partial charge in [0.25, 0.3) is 0 Å². The Morgan fingerprint density at radius 2 is 2.10 bits per heavy atom. The number of nitrogens with one attached hydrogen (secondary N) is 2. The van der Waals surface area contributed by atoms with Crippen LogP contribution in [0.3, 0.4) is 0 Å². The van der Waals surface area contributed by atoms with Gasteiger partial charge in [-0.25, -0.2) is 0 Å². The Hall–Kier alpha value is -1.55. The summed E-state index contributed by atoms with van der Waals surface area (Å²) in [7, 11) is 0. The summed E-state index contributed by atoms with van der Waals surface area (Å²) in [4.78, 5) is 12.0. The van der Waals surface area contributed by atoms with Crippen molar-refractivity contribution in [2.45, 2.75) is 39.2 Å². The molecule has 4 nitrogen and oxygen atoms in total. The van der Waals surface area contributed by atoms with Crippen molar-refractivity contribution in [3.05, 3.63) is 29.8 Å². The van der Waals surface area contributed by atoms with Crippen LogP contribution in [0.25, 0.3) is 0 Å². The lowest BCUT2D eigenvalue weighted by molar-refractivity contribution is -0.121. The maximum Gasteiger partial charge on any atom is 0.234 e. The molecule has 2 rings (SSSR count). The van der Waals surface area contributed by atoms with Crippen LogP contribution >= 0.6 is 0 Å². The molecule has 2 N–H and O–H groups in total. The maximum atomic E-state index is 12.0. The van der Waals surface area contributed by atoms with E-state index in [2.05, 4.69) is 17.6 Å². The van der Waals surface area contributed by atoms with E-state index in [4.69, 9.17) is 4.74 Å². The Bertz CT molecular complexity index is 458. The zero-order valence-electron chi connectivity index (χ0n) is 13.0. The Balaban J connectivity index is 1.90. The van der Waals surface area contributed by atoms with Crippen LogP contribution in [0.5, 0.6) is 5.75 Å². The molecule has 116 valence electrons. The fourth-order valence-electron chi connectivity index (χ4n) is 2.41. The first kappa shape index (κ1) is 15.8. The lowest BCUT2D eigenvalue weighted by Crippen LogP contribution is -2.37. The SMILES string of the molecule is CCOc1ccccc1C(CC)NC(=O)CNCC1CC1. The van der Waals surface area contributed by atoms with Crippen molar-refractivity contribution in [2.24, 2.45) is 5.92 Å². The zero-order valence-corrected chi connectivity index (χ0v) is 13.0.